The number of nitrogens with zero attached hydrogens (tertiary/aromatic N) is 4. The van der Waals surface area contributed by atoms with E-state index in [0.717, 1.165) is 11.8 Å². The first-order valence-electron chi connectivity index (χ1n) is 9.84. The zero-order valence-corrected chi connectivity index (χ0v) is 16.9. The average Bonchev–Trinajstić information content (AvgIpc) is 3.29. The van der Waals surface area contributed by atoms with Crippen molar-refractivity contribution in [1.82, 2.24) is 14.8 Å². The number of morpholine rings is 1. The van der Waals surface area contributed by atoms with E-state index in [1.54, 1.807) is 41.5 Å². The van der Waals surface area contributed by atoms with Gasteiger partial charge in [-0.05, 0) is 24.3 Å². The molecule has 0 spiro atoms. The molecule has 4 rings (SSSR count). The van der Waals surface area contributed by atoms with Crippen molar-refractivity contribution in [2.45, 2.75) is 18.8 Å². The van der Waals surface area contributed by atoms with Crippen LogP contribution in [0.15, 0.2) is 55.0 Å². The van der Waals surface area contributed by atoms with Gasteiger partial charge in [-0.15, -0.1) is 5.10 Å². The van der Waals surface area contributed by atoms with Crippen LogP contribution in [0.4, 0.5) is 15.9 Å². The summed E-state index contributed by atoms with van der Waals surface area (Å²) in [5.41, 5.74) is 6.60. The Balaban J connectivity index is 1.46. The van der Waals surface area contributed by atoms with Crippen molar-refractivity contribution in [1.29, 1.82) is 0 Å². The Hall–Kier alpha value is -3.67. The Morgan fingerprint density at radius 1 is 1.31 bits per heavy atom. The Kier molecular flexibility index (Phi) is 6.21. The number of hydrogen-bond acceptors (Lipinski definition) is 7. The lowest BCUT2D eigenvalue weighted by atomic mass is 10.1. The number of nitrogens with one attached hydrogen (secondary N) is 1. The predicted molar refractivity (Wildman–Crippen MR) is 112 cm³/mol. The maximum absolute atomic E-state index is 13.9. The Labute approximate surface area is 182 Å². The number of anilines is 2. The van der Waals surface area contributed by atoms with Crippen molar-refractivity contribution in [2.24, 2.45) is 5.73 Å². The highest BCUT2D eigenvalue weighted by atomic mass is 19.1. The van der Waals surface area contributed by atoms with Crippen LogP contribution in [0.3, 0.4) is 0 Å². The number of halogens is 1. The molecule has 166 valence electrons. The number of aliphatic hydroxyl groups is 1. The lowest BCUT2D eigenvalue weighted by Crippen LogP contribution is -2.55. The lowest BCUT2D eigenvalue weighted by molar-refractivity contribution is -0.150. The van der Waals surface area contributed by atoms with Gasteiger partial charge >= 0.3 is 0 Å². The van der Waals surface area contributed by atoms with E-state index in [9.17, 15) is 19.1 Å². The van der Waals surface area contributed by atoms with Gasteiger partial charge in [-0.2, -0.15) is 0 Å². The van der Waals surface area contributed by atoms with Crippen molar-refractivity contribution in [3.05, 3.63) is 66.4 Å². The van der Waals surface area contributed by atoms with E-state index >= 15 is 0 Å². The molecule has 2 unspecified atom stereocenters. The van der Waals surface area contributed by atoms with Gasteiger partial charge in [0.15, 0.2) is 18.0 Å². The highest BCUT2D eigenvalue weighted by Gasteiger charge is 2.40. The van der Waals surface area contributed by atoms with Gasteiger partial charge in [-0.3, -0.25) is 19.5 Å². The summed E-state index contributed by atoms with van der Waals surface area (Å²) in [6.07, 6.45) is 1.70. The smallest absolute Gasteiger partial charge is 0.260 e. The second-order valence-electron chi connectivity index (χ2n) is 7.05. The second kappa shape index (κ2) is 9.22. The molecule has 4 N–H and O–H groups in total. The number of benzene rings is 1. The van der Waals surface area contributed by atoms with Crippen LogP contribution >= 0.6 is 0 Å². The molecule has 2 aromatic heterocycles. The van der Waals surface area contributed by atoms with Gasteiger partial charge in [0.1, 0.15) is 5.82 Å². The summed E-state index contributed by atoms with van der Waals surface area (Å²) in [6.45, 7) is 0.325. The predicted octanol–water partition coefficient (Wildman–Crippen LogP) is 0.597. The number of amides is 2. The SMILES string of the molecule is NCc1ccc(NC(=O)C(O)C2OCCN(c3ccn(-c4ccncc4)n3)C2=O)cc1F. The summed E-state index contributed by atoms with van der Waals surface area (Å²) in [4.78, 5) is 30.7. The fourth-order valence-corrected chi connectivity index (χ4v) is 3.30. The zero-order chi connectivity index (χ0) is 22.7. The molecule has 1 saturated heterocycles. The summed E-state index contributed by atoms with van der Waals surface area (Å²) >= 11 is 0. The number of carbonyl (C=O) groups excluding carboxylic acids is 2. The third kappa shape index (κ3) is 4.35. The number of pyridine rings is 1. The van der Waals surface area contributed by atoms with Crippen LogP contribution in [0.25, 0.3) is 5.69 Å². The first-order chi connectivity index (χ1) is 15.5. The fourth-order valence-electron chi connectivity index (χ4n) is 3.30. The van der Waals surface area contributed by atoms with Crippen LogP contribution in [0.2, 0.25) is 0 Å². The third-order valence-electron chi connectivity index (χ3n) is 5.00. The Bertz CT molecular complexity index is 1120. The van der Waals surface area contributed by atoms with Gasteiger partial charge in [0.05, 0.1) is 18.8 Å². The molecule has 3 heterocycles. The van der Waals surface area contributed by atoms with Crippen molar-refractivity contribution in [2.75, 3.05) is 23.4 Å². The van der Waals surface area contributed by atoms with Gasteiger partial charge in [-0.1, -0.05) is 6.07 Å². The van der Waals surface area contributed by atoms with Gasteiger partial charge in [-0.25, -0.2) is 9.07 Å². The molecule has 32 heavy (non-hydrogen) atoms. The summed E-state index contributed by atoms with van der Waals surface area (Å²) in [7, 11) is 0. The molecular formula is C21H21FN6O4. The molecule has 10 nitrogen and oxygen atoms in total. The van der Waals surface area contributed by atoms with Crippen molar-refractivity contribution in [3.8, 4) is 5.69 Å². The monoisotopic (exact) mass is 440 g/mol. The van der Waals surface area contributed by atoms with Crippen molar-refractivity contribution >= 4 is 23.3 Å². The maximum Gasteiger partial charge on any atom is 0.260 e. The number of rotatable bonds is 6. The minimum absolute atomic E-state index is 0.0137. The summed E-state index contributed by atoms with van der Waals surface area (Å²) in [5.74, 6) is -1.73. The molecule has 3 aromatic rings. The molecule has 1 fully saturated rings. The lowest BCUT2D eigenvalue weighted by Gasteiger charge is -2.32. The summed E-state index contributed by atoms with van der Waals surface area (Å²) in [6, 6.07) is 9.15. The summed E-state index contributed by atoms with van der Waals surface area (Å²) < 4.78 is 20.9. The van der Waals surface area contributed by atoms with E-state index in [4.69, 9.17) is 10.5 Å². The van der Waals surface area contributed by atoms with E-state index in [2.05, 4.69) is 15.4 Å². The molecule has 1 aliphatic rings. The topological polar surface area (TPSA) is 136 Å². The number of hydrogen-bond donors (Lipinski definition) is 3. The number of ether oxygens (including phenoxy) is 1. The molecular weight excluding hydrogens is 419 g/mol. The second-order valence-corrected chi connectivity index (χ2v) is 7.05. The van der Waals surface area contributed by atoms with Gasteiger partial charge < -0.3 is 20.9 Å². The molecule has 1 aliphatic heterocycles. The Morgan fingerprint density at radius 2 is 2.09 bits per heavy atom. The standard InChI is InChI=1S/C21H21FN6O4/c22-16-11-14(2-1-13(16)12-23)25-20(30)18(29)19-21(31)27(9-10-32-19)17-5-8-28(26-17)15-3-6-24-7-4-15/h1-8,11,18-19,29H,9-10,12,23H2,(H,25,30). The molecule has 0 bridgehead atoms. The van der Waals surface area contributed by atoms with Crippen LogP contribution in [0.1, 0.15) is 5.56 Å². The minimum atomic E-state index is -1.80. The van der Waals surface area contributed by atoms with E-state index < -0.39 is 29.8 Å². The number of nitrogens with two attached hydrogens (primary N) is 1. The zero-order valence-electron chi connectivity index (χ0n) is 16.9. The van der Waals surface area contributed by atoms with Crippen LogP contribution in [-0.4, -0.2) is 57.0 Å². The largest absolute Gasteiger partial charge is 0.380 e. The Morgan fingerprint density at radius 3 is 2.81 bits per heavy atom. The minimum Gasteiger partial charge on any atom is -0.380 e. The van der Waals surface area contributed by atoms with Gasteiger partial charge in [0.2, 0.25) is 0 Å². The number of aromatic nitrogens is 3. The van der Waals surface area contributed by atoms with Crippen LogP contribution in [-0.2, 0) is 20.9 Å². The van der Waals surface area contributed by atoms with Crippen LogP contribution < -0.4 is 16.0 Å². The van der Waals surface area contributed by atoms with Crippen molar-refractivity contribution < 1.29 is 23.8 Å². The summed E-state index contributed by atoms with van der Waals surface area (Å²) in [5, 5.41) is 17.2. The number of carbonyl (C=O) groups is 2. The molecule has 0 aliphatic carbocycles. The highest BCUT2D eigenvalue weighted by Crippen LogP contribution is 2.21. The maximum atomic E-state index is 13.9. The molecule has 1 aromatic carbocycles. The molecule has 0 radical (unpaired) electrons. The molecule has 11 heteroatoms. The van der Waals surface area contributed by atoms with Gasteiger partial charge in [0.25, 0.3) is 11.8 Å². The molecule has 0 saturated carbocycles. The molecule has 2 atom stereocenters. The van der Waals surface area contributed by atoms with E-state index in [0.29, 0.717) is 5.82 Å². The first kappa shape index (κ1) is 21.6. The number of aliphatic hydroxyl groups excluding tert-OH is 1. The average molecular weight is 440 g/mol. The fraction of sp³-hybridized carbons (Fsp3) is 0.238. The first-order valence-corrected chi connectivity index (χ1v) is 9.84. The molecule has 2 amide bonds. The van der Waals surface area contributed by atoms with Crippen LogP contribution in [0, 0.1) is 5.82 Å². The normalized spacial score (nSPS) is 17.3. The van der Waals surface area contributed by atoms with E-state index in [1.165, 1.54) is 17.0 Å². The van der Waals surface area contributed by atoms with E-state index in [1.807, 2.05) is 0 Å². The van der Waals surface area contributed by atoms with E-state index in [-0.39, 0.29) is 30.9 Å². The third-order valence-corrected chi connectivity index (χ3v) is 5.00. The van der Waals surface area contributed by atoms with Crippen LogP contribution in [0.5, 0.6) is 0 Å². The quantitative estimate of drug-likeness (QED) is 0.511. The van der Waals surface area contributed by atoms with Crippen molar-refractivity contribution in [3.63, 3.8) is 0 Å². The van der Waals surface area contributed by atoms with Gasteiger partial charge in [0, 0.05) is 42.5 Å². The highest BCUT2D eigenvalue weighted by molar-refractivity contribution is 6.03.